The van der Waals surface area contributed by atoms with Crippen LogP contribution in [0.4, 0.5) is 5.69 Å². The molecule has 2 amide bonds. The van der Waals surface area contributed by atoms with Gasteiger partial charge in [-0.2, -0.15) is 0 Å². The van der Waals surface area contributed by atoms with E-state index in [4.69, 9.17) is 4.74 Å². The van der Waals surface area contributed by atoms with Crippen molar-refractivity contribution in [3.63, 3.8) is 0 Å². The average molecular weight is 391 g/mol. The van der Waals surface area contributed by atoms with Crippen molar-refractivity contribution >= 4 is 23.1 Å². The minimum atomic E-state index is -0.0762. The summed E-state index contributed by atoms with van der Waals surface area (Å²) in [7, 11) is 0. The molecule has 2 aromatic carbocycles. The number of benzene rings is 2. The highest BCUT2D eigenvalue weighted by atomic mass is 16.5. The second-order valence-electron chi connectivity index (χ2n) is 7.38. The molecule has 4 rings (SSSR count). The largest absolute Gasteiger partial charge is 0.489 e. The number of hydrogen-bond acceptors (Lipinski definition) is 4. The van der Waals surface area contributed by atoms with Crippen LogP contribution in [0.5, 0.6) is 5.75 Å². The van der Waals surface area contributed by atoms with E-state index in [1.54, 1.807) is 0 Å². The number of rotatable bonds is 5. The summed E-state index contributed by atoms with van der Waals surface area (Å²) in [4.78, 5) is 23.1. The van der Waals surface area contributed by atoms with Crippen LogP contribution in [0.2, 0.25) is 0 Å². The zero-order valence-corrected chi connectivity index (χ0v) is 16.5. The zero-order valence-electron chi connectivity index (χ0n) is 16.5. The van der Waals surface area contributed by atoms with Gasteiger partial charge in [0.05, 0.1) is 0 Å². The van der Waals surface area contributed by atoms with Crippen molar-refractivity contribution in [2.45, 2.75) is 26.3 Å². The number of fused-ring (bicyclic) bond motifs is 1. The highest BCUT2D eigenvalue weighted by Crippen LogP contribution is 2.28. The second kappa shape index (κ2) is 8.49. The first-order chi connectivity index (χ1) is 14.1. The predicted octanol–water partition coefficient (Wildman–Crippen LogP) is 3.10. The standard InChI is InChI=1S/C23H25N3O3/c1-15(27)26-19-5-2-16(3-6-19)21-9-11-24-10-8-18(21)14-29-20-7-4-17-13-25-23(28)22(17)12-20/h2-7,12,24H,8-11,13-14H2,1H3,(H,25,28)(H,26,27). The maximum absolute atomic E-state index is 11.9. The van der Waals surface area contributed by atoms with Gasteiger partial charge in [0.2, 0.25) is 5.91 Å². The first kappa shape index (κ1) is 19.2. The van der Waals surface area contributed by atoms with Gasteiger partial charge in [0.15, 0.2) is 0 Å². The maximum Gasteiger partial charge on any atom is 0.252 e. The molecule has 0 spiro atoms. The molecule has 0 aliphatic carbocycles. The molecule has 0 aromatic heterocycles. The number of ether oxygens (including phenoxy) is 1. The minimum absolute atomic E-state index is 0.0386. The molecule has 0 radical (unpaired) electrons. The first-order valence-corrected chi connectivity index (χ1v) is 9.94. The highest BCUT2D eigenvalue weighted by molar-refractivity contribution is 5.98. The van der Waals surface area contributed by atoms with Crippen molar-refractivity contribution in [3.05, 3.63) is 64.7 Å². The smallest absolute Gasteiger partial charge is 0.252 e. The van der Waals surface area contributed by atoms with Crippen molar-refractivity contribution in [3.8, 4) is 5.75 Å². The Balaban J connectivity index is 1.54. The topological polar surface area (TPSA) is 79.5 Å². The summed E-state index contributed by atoms with van der Waals surface area (Å²) in [6.45, 7) is 4.42. The summed E-state index contributed by atoms with van der Waals surface area (Å²) in [6, 6.07) is 13.7. The van der Waals surface area contributed by atoms with E-state index in [9.17, 15) is 9.59 Å². The molecule has 0 bridgehead atoms. The molecule has 2 aliphatic heterocycles. The van der Waals surface area contributed by atoms with Crippen LogP contribution < -0.4 is 20.7 Å². The van der Waals surface area contributed by atoms with Gasteiger partial charge in [-0.25, -0.2) is 0 Å². The Morgan fingerprint density at radius 1 is 1.10 bits per heavy atom. The molecule has 6 heteroatoms. The lowest BCUT2D eigenvalue weighted by Crippen LogP contribution is -2.14. The lowest BCUT2D eigenvalue weighted by molar-refractivity contribution is -0.114. The molecule has 0 fully saturated rings. The number of anilines is 1. The van der Waals surface area contributed by atoms with Crippen LogP contribution in [0.3, 0.4) is 0 Å². The molecule has 2 heterocycles. The van der Waals surface area contributed by atoms with Crippen molar-refractivity contribution in [1.29, 1.82) is 0 Å². The Morgan fingerprint density at radius 3 is 2.69 bits per heavy atom. The van der Waals surface area contributed by atoms with Crippen LogP contribution in [-0.4, -0.2) is 31.5 Å². The van der Waals surface area contributed by atoms with Crippen LogP contribution >= 0.6 is 0 Å². The molecule has 6 nitrogen and oxygen atoms in total. The predicted molar refractivity (Wildman–Crippen MR) is 113 cm³/mol. The number of carbonyl (C=O) groups is 2. The summed E-state index contributed by atoms with van der Waals surface area (Å²) in [6.07, 6.45) is 1.83. The van der Waals surface area contributed by atoms with Crippen molar-refractivity contribution in [2.24, 2.45) is 0 Å². The fourth-order valence-corrected chi connectivity index (χ4v) is 3.82. The summed E-state index contributed by atoms with van der Waals surface area (Å²) in [5.41, 5.74) is 6.20. The monoisotopic (exact) mass is 391 g/mol. The molecular formula is C23H25N3O3. The van der Waals surface area contributed by atoms with Crippen LogP contribution in [0.25, 0.3) is 5.57 Å². The van der Waals surface area contributed by atoms with E-state index in [-0.39, 0.29) is 11.8 Å². The van der Waals surface area contributed by atoms with Gasteiger partial charge in [-0.05, 0) is 72.5 Å². The molecule has 150 valence electrons. The van der Waals surface area contributed by atoms with E-state index in [1.807, 2.05) is 42.5 Å². The lowest BCUT2D eigenvalue weighted by atomic mass is 9.96. The Kier molecular flexibility index (Phi) is 5.62. The maximum atomic E-state index is 11.9. The van der Waals surface area contributed by atoms with Gasteiger partial charge >= 0.3 is 0 Å². The van der Waals surface area contributed by atoms with Gasteiger partial charge in [0.1, 0.15) is 12.4 Å². The van der Waals surface area contributed by atoms with Gasteiger partial charge in [-0.3, -0.25) is 9.59 Å². The number of hydrogen-bond donors (Lipinski definition) is 3. The molecule has 0 atom stereocenters. The molecule has 3 N–H and O–H groups in total. The van der Waals surface area contributed by atoms with Crippen LogP contribution in [0.1, 0.15) is 41.3 Å². The quantitative estimate of drug-likeness (QED) is 0.732. The molecule has 2 aliphatic rings. The zero-order chi connectivity index (χ0) is 20.2. The van der Waals surface area contributed by atoms with E-state index in [2.05, 4.69) is 16.0 Å². The fraction of sp³-hybridized carbons (Fsp3) is 0.304. The van der Waals surface area contributed by atoms with Crippen molar-refractivity contribution in [2.75, 3.05) is 25.0 Å². The van der Waals surface area contributed by atoms with E-state index in [0.717, 1.165) is 42.7 Å². The molecule has 0 saturated heterocycles. The number of nitrogens with one attached hydrogen (secondary N) is 3. The van der Waals surface area contributed by atoms with E-state index in [1.165, 1.54) is 18.1 Å². The van der Waals surface area contributed by atoms with Gasteiger partial charge in [0.25, 0.3) is 5.91 Å². The normalized spacial score (nSPS) is 16.1. The molecule has 2 aromatic rings. The van der Waals surface area contributed by atoms with Gasteiger partial charge in [0, 0.05) is 24.7 Å². The van der Waals surface area contributed by atoms with Crippen molar-refractivity contribution < 1.29 is 14.3 Å². The number of amides is 2. The third kappa shape index (κ3) is 4.49. The van der Waals surface area contributed by atoms with Crippen LogP contribution in [0.15, 0.2) is 48.0 Å². The lowest BCUT2D eigenvalue weighted by Gasteiger charge is -2.15. The number of carbonyl (C=O) groups excluding carboxylic acids is 2. The molecule has 0 unspecified atom stereocenters. The van der Waals surface area contributed by atoms with Gasteiger partial charge in [-0.15, -0.1) is 0 Å². The van der Waals surface area contributed by atoms with E-state index in [0.29, 0.717) is 24.5 Å². The van der Waals surface area contributed by atoms with Crippen LogP contribution in [-0.2, 0) is 11.3 Å². The summed E-state index contributed by atoms with van der Waals surface area (Å²) >= 11 is 0. The van der Waals surface area contributed by atoms with Gasteiger partial charge < -0.3 is 20.7 Å². The minimum Gasteiger partial charge on any atom is -0.489 e. The highest BCUT2D eigenvalue weighted by Gasteiger charge is 2.19. The summed E-state index contributed by atoms with van der Waals surface area (Å²) < 4.78 is 6.08. The van der Waals surface area contributed by atoms with E-state index >= 15 is 0 Å². The molecule has 0 saturated carbocycles. The SMILES string of the molecule is CC(=O)Nc1ccc(C2=C(COc3ccc4c(c3)C(=O)NC4)CCNCC2)cc1. The van der Waals surface area contributed by atoms with Gasteiger partial charge in [-0.1, -0.05) is 18.2 Å². The first-order valence-electron chi connectivity index (χ1n) is 9.94. The third-order valence-electron chi connectivity index (χ3n) is 5.31. The average Bonchev–Trinajstić information content (AvgIpc) is 2.93. The summed E-state index contributed by atoms with van der Waals surface area (Å²) in [5.74, 6) is 0.599. The Labute approximate surface area is 170 Å². The Hall–Kier alpha value is -3.12. The second-order valence-corrected chi connectivity index (χ2v) is 7.38. The van der Waals surface area contributed by atoms with Crippen LogP contribution in [0, 0.1) is 0 Å². The fourth-order valence-electron chi connectivity index (χ4n) is 3.82. The van der Waals surface area contributed by atoms with Crippen molar-refractivity contribution in [1.82, 2.24) is 10.6 Å². The molecule has 29 heavy (non-hydrogen) atoms. The van der Waals surface area contributed by atoms with E-state index < -0.39 is 0 Å². The third-order valence-corrected chi connectivity index (χ3v) is 5.31. The Morgan fingerprint density at radius 2 is 1.90 bits per heavy atom. The summed E-state index contributed by atoms with van der Waals surface area (Å²) in [5, 5.41) is 9.08. The molecular weight excluding hydrogens is 366 g/mol. The Bertz CT molecular complexity index is 964.